The number of aryl methyl sites for hydroxylation is 2. The summed E-state index contributed by atoms with van der Waals surface area (Å²) in [4.78, 5) is 11.6. The van der Waals surface area contributed by atoms with Crippen LogP contribution >= 0.6 is 0 Å². The predicted octanol–water partition coefficient (Wildman–Crippen LogP) is 1.45. The standard InChI is InChI=1S/C14H20N2O/c1-10-3-4-12(11(2)9-10)5-8-16-13(17)14(15)6-7-14/h3-4,9H,5-8,15H2,1-2H3,(H,16,17). The Morgan fingerprint density at radius 3 is 2.71 bits per heavy atom. The second kappa shape index (κ2) is 4.49. The molecular weight excluding hydrogens is 212 g/mol. The molecule has 1 aliphatic rings. The van der Waals surface area contributed by atoms with Crippen LogP contribution in [-0.2, 0) is 11.2 Å². The summed E-state index contributed by atoms with van der Waals surface area (Å²) >= 11 is 0. The van der Waals surface area contributed by atoms with Gasteiger partial charge in [-0.1, -0.05) is 23.8 Å². The second-order valence-electron chi connectivity index (χ2n) is 5.09. The molecule has 0 unspecified atom stereocenters. The van der Waals surface area contributed by atoms with Gasteiger partial charge in [-0.25, -0.2) is 0 Å². The van der Waals surface area contributed by atoms with Gasteiger partial charge < -0.3 is 11.1 Å². The molecule has 0 atom stereocenters. The van der Waals surface area contributed by atoms with Crippen molar-refractivity contribution in [3.8, 4) is 0 Å². The highest BCUT2D eigenvalue weighted by atomic mass is 16.2. The van der Waals surface area contributed by atoms with Crippen molar-refractivity contribution in [1.29, 1.82) is 0 Å². The van der Waals surface area contributed by atoms with Gasteiger partial charge in [0.2, 0.25) is 5.91 Å². The molecule has 92 valence electrons. The summed E-state index contributed by atoms with van der Waals surface area (Å²) in [5, 5.41) is 2.91. The fourth-order valence-corrected chi connectivity index (χ4v) is 1.97. The van der Waals surface area contributed by atoms with Crippen molar-refractivity contribution in [2.75, 3.05) is 6.54 Å². The van der Waals surface area contributed by atoms with Crippen molar-refractivity contribution in [2.24, 2.45) is 5.73 Å². The minimum Gasteiger partial charge on any atom is -0.354 e. The first-order valence-corrected chi connectivity index (χ1v) is 6.15. The molecule has 1 aromatic rings. The molecule has 0 radical (unpaired) electrons. The molecule has 1 fully saturated rings. The molecular formula is C14H20N2O. The Balaban J connectivity index is 1.84. The topological polar surface area (TPSA) is 55.1 Å². The average molecular weight is 232 g/mol. The van der Waals surface area contributed by atoms with Crippen molar-refractivity contribution in [3.63, 3.8) is 0 Å². The Kier molecular flexibility index (Phi) is 3.20. The molecule has 0 aliphatic heterocycles. The van der Waals surface area contributed by atoms with E-state index in [0.717, 1.165) is 19.3 Å². The Bertz CT molecular complexity index is 436. The lowest BCUT2D eigenvalue weighted by atomic mass is 10.0. The number of nitrogens with one attached hydrogen (secondary N) is 1. The van der Waals surface area contributed by atoms with Crippen LogP contribution in [0.4, 0.5) is 0 Å². The molecule has 0 aromatic heterocycles. The van der Waals surface area contributed by atoms with Gasteiger partial charge in [0.1, 0.15) is 0 Å². The van der Waals surface area contributed by atoms with Crippen LogP contribution in [0.5, 0.6) is 0 Å². The van der Waals surface area contributed by atoms with Crippen LogP contribution in [0, 0.1) is 13.8 Å². The van der Waals surface area contributed by atoms with Gasteiger partial charge in [-0.2, -0.15) is 0 Å². The van der Waals surface area contributed by atoms with Gasteiger partial charge in [0.25, 0.3) is 0 Å². The van der Waals surface area contributed by atoms with Gasteiger partial charge in [-0.05, 0) is 44.2 Å². The second-order valence-corrected chi connectivity index (χ2v) is 5.09. The zero-order chi connectivity index (χ0) is 12.5. The first kappa shape index (κ1) is 12.1. The van der Waals surface area contributed by atoms with Gasteiger partial charge in [0, 0.05) is 6.54 Å². The maximum Gasteiger partial charge on any atom is 0.240 e. The molecule has 0 saturated heterocycles. The molecule has 0 spiro atoms. The summed E-state index contributed by atoms with van der Waals surface area (Å²) < 4.78 is 0. The maximum atomic E-state index is 11.6. The highest BCUT2D eigenvalue weighted by Gasteiger charge is 2.45. The van der Waals surface area contributed by atoms with E-state index < -0.39 is 5.54 Å². The van der Waals surface area contributed by atoms with E-state index in [-0.39, 0.29) is 5.91 Å². The summed E-state index contributed by atoms with van der Waals surface area (Å²) in [6, 6.07) is 6.41. The predicted molar refractivity (Wildman–Crippen MR) is 68.8 cm³/mol. The largest absolute Gasteiger partial charge is 0.354 e. The van der Waals surface area contributed by atoms with E-state index in [9.17, 15) is 4.79 Å². The van der Waals surface area contributed by atoms with E-state index in [1.54, 1.807) is 0 Å². The van der Waals surface area contributed by atoms with E-state index in [1.165, 1.54) is 16.7 Å². The van der Waals surface area contributed by atoms with Crippen molar-refractivity contribution >= 4 is 5.91 Å². The van der Waals surface area contributed by atoms with Crippen LogP contribution in [0.2, 0.25) is 0 Å². The van der Waals surface area contributed by atoms with E-state index in [1.807, 2.05) is 0 Å². The van der Waals surface area contributed by atoms with Crippen LogP contribution < -0.4 is 11.1 Å². The molecule has 1 amide bonds. The molecule has 2 rings (SSSR count). The molecule has 17 heavy (non-hydrogen) atoms. The third-order valence-electron chi connectivity index (χ3n) is 3.42. The summed E-state index contributed by atoms with van der Waals surface area (Å²) in [5.74, 6) is 0.00210. The smallest absolute Gasteiger partial charge is 0.240 e. The first-order chi connectivity index (χ1) is 8.01. The van der Waals surface area contributed by atoms with E-state index >= 15 is 0 Å². The maximum absolute atomic E-state index is 11.6. The average Bonchev–Trinajstić information content (AvgIpc) is 3.01. The first-order valence-electron chi connectivity index (χ1n) is 6.15. The quantitative estimate of drug-likeness (QED) is 0.825. The zero-order valence-electron chi connectivity index (χ0n) is 10.5. The fraction of sp³-hybridized carbons (Fsp3) is 0.500. The summed E-state index contributed by atoms with van der Waals surface area (Å²) in [7, 11) is 0. The fourth-order valence-electron chi connectivity index (χ4n) is 1.97. The zero-order valence-corrected chi connectivity index (χ0v) is 10.5. The molecule has 1 saturated carbocycles. The number of benzene rings is 1. The number of nitrogens with two attached hydrogens (primary N) is 1. The molecule has 0 heterocycles. The van der Waals surface area contributed by atoms with Crippen molar-refractivity contribution < 1.29 is 4.79 Å². The number of amides is 1. The molecule has 3 N–H and O–H groups in total. The highest BCUT2D eigenvalue weighted by molar-refractivity contribution is 5.88. The Morgan fingerprint density at radius 2 is 2.12 bits per heavy atom. The number of hydrogen-bond acceptors (Lipinski definition) is 2. The van der Waals surface area contributed by atoms with Crippen molar-refractivity contribution in [1.82, 2.24) is 5.32 Å². The van der Waals surface area contributed by atoms with E-state index in [0.29, 0.717) is 6.54 Å². The lowest BCUT2D eigenvalue weighted by molar-refractivity contribution is -0.123. The number of carbonyl (C=O) groups excluding carboxylic acids is 1. The van der Waals surface area contributed by atoms with E-state index in [2.05, 4.69) is 37.4 Å². The number of carbonyl (C=O) groups is 1. The summed E-state index contributed by atoms with van der Waals surface area (Å²) in [6.07, 6.45) is 2.51. The molecule has 1 aromatic carbocycles. The normalized spacial score (nSPS) is 16.6. The Morgan fingerprint density at radius 1 is 1.41 bits per heavy atom. The van der Waals surface area contributed by atoms with E-state index in [4.69, 9.17) is 5.73 Å². The van der Waals surface area contributed by atoms with Crippen LogP contribution in [0.3, 0.4) is 0 Å². The third-order valence-corrected chi connectivity index (χ3v) is 3.42. The van der Waals surface area contributed by atoms with Gasteiger partial charge >= 0.3 is 0 Å². The Hall–Kier alpha value is -1.35. The van der Waals surface area contributed by atoms with Gasteiger partial charge in [-0.3, -0.25) is 4.79 Å². The van der Waals surface area contributed by atoms with Gasteiger partial charge in [-0.15, -0.1) is 0 Å². The number of hydrogen-bond donors (Lipinski definition) is 2. The van der Waals surface area contributed by atoms with Crippen LogP contribution in [0.1, 0.15) is 29.5 Å². The van der Waals surface area contributed by atoms with Gasteiger partial charge in [0.05, 0.1) is 5.54 Å². The minimum atomic E-state index is -0.553. The minimum absolute atomic E-state index is 0.00210. The number of rotatable bonds is 4. The van der Waals surface area contributed by atoms with Crippen molar-refractivity contribution in [2.45, 2.75) is 38.6 Å². The molecule has 3 heteroatoms. The summed E-state index contributed by atoms with van der Waals surface area (Å²) in [6.45, 7) is 4.86. The highest BCUT2D eigenvalue weighted by Crippen LogP contribution is 2.31. The van der Waals surface area contributed by atoms with Crippen LogP contribution in [0.25, 0.3) is 0 Å². The van der Waals surface area contributed by atoms with Crippen LogP contribution in [-0.4, -0.2) is 18.0 Å². The van der Waals surface area contributed by atoms with Crippen molar-refractivity contribution in [3.05, 3.63) is 34.9 Å². The summed E-state index contributed by atoms with van der Waals surface area (Å²) in [5.41, 5.74) is 9.10. The Labute approximate surface area is 102 Å². The lowest BCUT2D eigenvalue weighted by Crippen LogP contribution is -2.43. The monoisotopic (exact) mass is 232 g/mol. The third kappa shape index (κ3) is 2.86. The molecule has 3 nitrogen and oxygen atoms in total. The lowest BCUT2D eigenvalue weighted by Gasteiger charge is -2.11. The molecule has 1 aliphatic carbocycles. The van der Waals surface area contributed by atoms with Gasteiger partial charge in [0.15, 0.2) is 0 Å². The molecule has 0 bridgehead atoms. The van der Waals surface area contributed by atoms with Crippen LogP contribution in [0.15, 0.2) is 18.2 Å². The SMILES string of the molecule is Cc1ccc(CCNC(=O)C2(N)CC2)c(C)c1.